The first-order valence-electron chi connectivity index (χ1n) is 5.88. The Labute approximate surface area is 120 Å². The zero-order valence-corrected chi connectivity index (χ0v) is 11.5. The van der Waals surface area contributed by atoms with E-state index in [1.54, 1.807) is 0 Å². The Hall–Kier alpha value is -2.13. The molecule has 1 aromatic carbocycles. The van der Waals surface area contributed by atoms with Crippen molar-refractivity contribution in [3.63, 3.8) is 0 Å². The van der Waals surface area contributed by atoms with Crippen LogP contribution in [0.4, 0.5) is 5.69 Å². The maximum Gasteiger partial charge on any atom is 0.289 e. The van der Waals surface area contributed by atoms with Crippen molar-refractivity contribution in [1.29, 1.82) is 0 Å². The van der Waals surface area contributed by atoms with Crippen molar-refractivity contribution in [2.24, 2.45) is 4.99 Å². The van der Waals surface area contributed by atoms with Crippen molar-refractivity contribution >= 4 is 21.8 Å². The van der Waals surface area contributed by atoms with Gasteiger partial charge in [-0.1, -0.05) is 12.1 Å². The number of carbonyl (C=O) groups excluding carboxylic acids is 1. The average molecular weight is 313 g/mol. The van der Waals surface area contributed by atoms with Gasteiger partial charge in [0.05, 0.1) is 18.1 Å². The molecule has 9 nitrogen and oxygen atoms in total. The third kappa shape index (κ3) is 2.98. The molecule has 0 bridgehead atoms. The van der Waals surface area contributed by atoms with E-state index in [2.05, 4.69) is 4.99 Å². The van der Waals surface area contributed by atoms with Gasteiger partial charge in [0.2, 0.25) is 6.08 Å². The molecule has 1 heterocycles. The van der Waals surface area contributed by atoms with Crippen molar-refractivity contribution in [2.45, 2.75) is 11.1 Å². The Morgan fingerprint density at radius 3 is 2.81 bits per heavy atom. The molecule has 1 saturated heterocycles. The smallest absolute Gasteiger partial charge is 0.289 e. The van der Waals surface area contributed by atoms with E-state index < -0.39 is 31.7 Å². The molecule has 1 aliphatic rings. The van der Waals surface area contributed by atoms with Gasteiger partial charge in [-0.2, -0.15) is 9.30 Å². The van der Waals surface area contributed by atoms with E-state index in [0.29, 0.717) is 0 Å². The van der Waals surface area contributed by atoms with Gasteiger partial charge in [0.15, 0.2) is 11.1 Å². The molecular weight excluding hydrogens is 302 g/mol. The van der Waals surface area contributed by atoms with Crippen molar-refractivity contribution in [2.75, 3.05) is 19.8 Å². The van der Waals surface area contributed by atoms with E-state index in [1.165, 1.54) is 18.2 Å². The van der Waals surface area contributed by atoms with Crippen LogP contribution in [-0.2, 0) is 19.6 Å². The molecule has 1 aromatic rings. The number of isocyanates is 1. The molecule has 1 fully saturated rings. The fraction of sp³-hybridized carbons (Fsp3) is 0.364. The highest BCUT2D eigenvalue weighted by molar-refractivity contribution is 7.89. The molecule has 1 unspecified atom stereocenters. The van der Waals surface area contributed by atoms with E-state index >= 15 is 0 Å². The highest BCUT2D eigenvalue weighted by atomic mass is 32.2. The average Bonchev–Trinajstić information content (AvgIpc) is 2.48. The maximum atomic E-state index is 12.6. The standard InChI is InChI=1S/C11H11N3O6S/c15-8-12-11-7-20-6-5-13(11)21(18,19)10-4-2-1-3-9(10)14(16)17/h1-4,11H,5-7H2. The van der Waals surface area contributed by atoms with E-state index in [9.17, 15) is 23.3 Å². The number of hydrogen-bond acceptors (Lipinski definition) is 7. The van der Waals surface area contributed by atoms with E-state index in [-0.39, 0.29) is 19.8 Å². The quantitative estimate of drug-likeness (QED) is 0.341. The lowest BCUT2D eigenvalue weighted by Crippen LogP contribution is -2.47. The third-order valence-electron chi connectivity index (χ3n) is 2.91. The predicted molar refractivity (Wildman–Crippen MR) is 69.7 cm³/mol. The first-order chi connectivity index (χ1) is 9.98. The molecule has 0 aromatic heterocycles. The summed E-state index contributed by atoms with van der Waals surface area (Å²) in [5.74, 6) is 0. The number of rotatable bonds is 4. The van der Waals surface area contributed by atoms with Crippen LogP contribution < -0.4 is 0 Å². The number of nitro groups is 1. The molecule has 1 atom stereocenters. The number of sulfonamides is 1. The highest BCUT2D eigenvalue weighted by Crippen LogP contribution is 2.28. The molecule has 21 heavy (non-hydrogen) atoms. The molecule has 0 saturated carbocycles. The number of nitro benzene ring substituents is 1. The number of hydrogen-bond donors (Lipinski definition) is 0. The SMILES string of the molecule is O=C=NC1COCCN1S(=O)(=O)c1ccccc1[N+](=O)[O-]. The number of aliphatic imine (C=N–C) groups is 1. The number of ether oxygens (including phenoxy) is 1. The Bertz CT molecular complexity index is 698. The number of morpholine rings is 1. The minimum Gasteiger partial charge on any atom is -0.376 e. The third-order valence-corrected chi connectivity index (χ3v) is 4.85. The molecule has 10 heteroatoms. The van der Waals surface area contributed by atoms with Crippen LogP contribution in [-0.4, -0.2) is 49.7 Å². The molecule has 0 spiro atoms. The first kappa shape index (κ1) is 15.3. The second-order valence-electron chi connectivity index (χ2n) is 4.12. The second kappa shape index (κ2) is 6.10. The zero-order chi connectivity index (χ0) is 15.5. The van der Waals surface area contributed by atoms with Crippen molar-refractivity contribution in [3.8, 4) is 0 Å². The molecule has 2 rings (SSSR count). The summed E-state index contributed by atoms with van der Waals surface area (Å²) >= 11 is 0. The number of benzene rings is 1. The summed E-state index contributed by atoms with van der Waals surface area (Å²) in [6.45, 7) is -0.0376. The summed E-state index contributed by atoms with van der Waals surface area (Å²) in [4.78, 5) is 23.5. The monoisotopic (exact) mass is 313 g/mol. The summed E-state index contributed by atoms with van der Waals surface area (Å²) in [5, 5.41) is 11.0. The summed E-state index contributed by atoms with van der Waals surface area (Å²) in [5.41, 5.74) is -0.530. The topological polar surface area (TPSA) is 119 Å². The summed E-state index contributed by atoms with van der Waals surface area (Å²) in [7, 11) is -4.17. The second-order valence-corrected chi connectivity index (χ2v) is 5.98. The normalized spacial score (nSPS) is 19.7. The van der Waals surface area contributed by atoms with Gasteiger partial charge < -0.3 is 4.74 Å². The van der Waals surface area contributed by atoms with Gasteiger partial charge in [0.1, 0.15) is 0 Å². The van der Waals surface area contributed by atoms with Gasteiger partial charge >= 0.3 is 0 Å². The van der Waals surface area contributed by atoms with Crippen LogP contribution >= 0.6 is 0 Å². The largest absolute Gasteiger partial charge is 0.376 e. The van der Waals surface area contributed by atoms with Crippen LogP contribution in [0.1, 0.15) is 0 Å². The van der Waals surface area contributed by atoms with Gasteiger partial charge in [-0.15, -0.1) is 0 Å². The van der Waals surface area contributed by atoms with Gasteiger partial charge in [0, 0.05) is 12.6 Å². The fourth-order valence-corrected chi connectivity index (χ4v) is 3.62. The van der Waals surface area contributed by atoms with E-state index in [0.717, 1.165) is 16.4 Å². The Kier molecular flexibility index (Phi) is 4.43. The predicted octanol–water partition coefficient (Wildman–Crippen LogP) is 0.278. The van der Waals surface area contributed by atoms with E-state index in [4.69, 9.17) is 4.74 Å². The number of para-hydroxylation sites is 1. The Morgan fingerprint density at radius 2 is 2.14 bits per heavy atom. The first-order valence-corrected chi connectivity index (χ1v) is 7.32. The van der Waals surface area contributed by atoms with Crippen molar-refractivity contribution in [1.82, 2.24) is 4.31 Å². The van der Waals surface area contributed by atoms with Gasteiger partial charge in [-0.3, -0.25) is 10.1 Å². The van der Waals surface area contributed by atoms with Crippen LogP contribution in [0.2, 0.25) is 0 Å². The fourth-order valence-electron chi connectivity index (χ4n) is 1.97. The van der Waals surface area contributed by atoms with Crippen LogP contribution in [0.3, 0.4) is 0 Å². The van der Waals surface area contributed by atoms with Gasteiger partial charge in [-0.25, -0.2) is 13.2 Å². The molecule has 112 valence electrons. The summed E-state index contributed by atoms with van der Waals surface area (Å²) in [6.07, 6.45) is 0.215. The lowest BCUT2D eigenvalue weighted by atomic mass is 10.3. The number of nitrogens with zero attached hydrogens (tertiary/aromatic N) is 3. The molecule has 1 aliphatic heterocycles. The molecule has 0 aliphatic carbocycles. The summed E-state index contributed by atoms with van der Waals surface area (Å²) in [6, 6.07) is 5.01. The van der Waals surface area contributed by atoms with Crippen LogP contribution in [0.5, 0.6) is 0 Å². The Balaban J connectivity index is 2.50. The minimum absolute atomic E-state index is 0.0514. The zero-order valence-electron chi connectivity index (χ0n) is 10.7. The van der Waals surface area contributed by atoms with Crippen LogP contribution in [0.25, 0.3) is 0 Å². The lowest BCUT2D eigenvalue weighted by Gasteiger charge is -2.30. The Morgan fingerprint density at radius 1 is 1.43 bits per heavy atom. The molecule has 0 radical (unpaired) electrons. The van der Waals surface area contributed by atoms with Crippen molar-refractivity contribution < 1.29 is 22.9 Å². The van der Waals surface area contributed by atoms with E-state index in [1.807, 2.05) is 0 Å². The minimum atomic E-state index is -4.17. The molecule has 0 N–H and O–H groups in total. The van der Waals surface area contributed by atoms with Crippen LogP contribution in [0.15, 0.2) is 34.2 Å². The maximum absolute atomic E-state index is 12.6. The molecule has 0 amide bonds. The lowest BCUT2D eigenvalue weighted by molar-refractivity contribution is -0.387. The molecular formula is C11H11N3O6S. The van der Waals surface area contributed by atoms with Crippen LogP contribution in [0, 0.1) is 10.1 Å². The van der Waals surface area contributed by atoms with Crippen molar-refractivity contribution in [3.05, 3.63) is 34.4 Å². The van der Waals surface area contributed by atoms with Gasteiger partial charge in [0.25, 0.3) is 15.7 Å². The summed E-state index contributed by atoms with van der Waals surface area (Å²) < 4.78 is 31.1. The highest BCUT2D eigenvalue weighted by Gasteiger charge is 2.37. The van der Waals surface area contributed by atoms with Gasteiger partial charge in [-0.05, 0) is 6.07 Å².